The number of aromatic hydroxyl groups is 1. The molecule has 65 heavy (non-hydrogen) atoms. The number of para-hydroxylation sites is 1. The minimum Gasteiger partial charge on any atom is -0.507 e. The minimum absolute atomic E-state index is 0.0289. The monoisotopic (exact) mass is 891 g/mol. The Morgan fingerprint density at radius 3 is 2.32 bits per heavy atom. The molecule has 4 aliphatic rings. The van der Waals surface area contributed by atoms with Crippen LogP contribution in [0.4, 0.5) is 10.1 Å². The van der Waals surface area contributed by atoms with Crippen LogP contribution in [0.5, 0.6) is 5.75 Å². The number of hydrogen-bond acceptors (Lipinski definition) is 11. The van der Waals surface area contributed by atoms with Crippen molar-refractivity contribution in [2.45, 2.75) is 94.7 Å². The van der Waals surface area contributed by atoms with Crippen LogP contribution in [-0.4, -0.2) is 113 Å². The second-order valence-corrected chi connectivity index (χ2v) is 18.4. The maximum atomic E-state index is 16.5. The molecule has 348 valence electrons. The van der Waals surface area contributed by atoms with Crippen molar-refractivity contribution in [1.82, 2.24) is 29.6 Å². The van der Waals surface area contributed by atoms with E-state index < -0.39 is 5.67 Å². The molecule has 4 aromatic rings. The van der Waals surface area contributed by atoms with Gasteiger partial charge in [-0.2, -0.15) is 0 Å². The van der Waals surface area contributed by atoms with Gasteiger partial charge in [0, 0.05) is 93.5 Å². The summed E-state index contributed by atoms with van der Waals surface area (Å²) in [7, 11) is 1.84. The average Bonchev–Trinajstić information content (AvgIpc) is 3.65. The van der Waals surface area contributed by atoms with E-state index in [1.54, 1.807) is 30.5 Å². The number of aromatic nitrogens is 2. The first-order chi connectivity index (χ1) is 31.4. The number of rotatable bonds is 13. The number of nitrogens with zero attached hydrogens (tertiary/aromatic N) is 5. The molecule has 1 atom stereocenters. The quantitative estimate of drug-likeness (QED) is 0.0832. The molecule has 15 heteroatoms. The normalized spacial score (nSPS) is 19.6. The number of fused-ring (bicyclic) bond motifs is 1. The molecule has 9 N–H and O–H groups in total. The van der Waals surface area contributed by atoms with Gasteiger partial charge >= 0.3 is 0 Å². The number of carbonyl (C=O) groups is 3. The van der Waals surface area contributed by atoms with Crippen LogP contribution < -0.4 is 27.8 Å². The first-order valence-electron chi connectivity index (χ1n) is 23.2. The summed E-state index contributed by atoms with van der Waals surface area (Å²) >= 11 is 0. The van der Waals surface area contributed by atoms with Crippen molar-refractivity contribution in [3.05, 3.63) is 106 Å². The third-order valence-corrected chi connectivity index (χ3v) is 14.1. The van der Waals surface area contributed by atoms with Crippen molar-refractivity contribution in [1.29, 1.82) is 0 Å². The number of nitrogens with two attached hydrogens (primary N) is 3. The van der Waals surface area contributed by atoms with Crippen LogP contribution in [0, 0.1) is 6.92 Å². The van der Waals surface area contributed by atoms with Crippen molar-refractivity contribution in [2.24, 2.45) is 17.2 Å². The number of aryl methyl sites for hydroxylation is 1. The first kappa shape index (κ1) is 47.0. The largest absolute Gasteiger partial charge is 0.507 e. The predicted octanol–water partition coefficient (Wildman–Crippen LogP) is 6.23. The van der Waals surface area contributed by atoms with Gasteiger partial charge in [-0.25, -0.2) is 4.39 Å². The number of nitrogens with one attached hydrogen (secondary N) is 2. The summed E-state index contributed by atoms with van der Waals surface area (Å²) in [5, 5.41) is 16.4. The molecule has 4 fully saturated rings. The van der Waals surface area contributed by atoms with Gasteiger partial charge in [-0.15, -0.1) is 0 Å². The molecular weight excluding hydrogens is 824 g/mol. The topological polar surface area (TPSA) is 201 Å². The van der Waals surface area contributed by atoms with Gasteiger partial charge < -0.3 is 57.0 Å². The zero-order valence-corrected chi connectivity index (χ0v) is 38.0. The lowest BCUT2D eigenvalue weighted by Gasteiger charge is -2.41. The zero-order valence-electron chi connectivity index (χ0n) is 38.0. The Hall–Kier alpha value is -5.93. The number of allylic oxidation sites excluding steroid dienone is 1. The Morgan fingerprint density at radius 1 is 0.923 bits per heavy atom. The standard InChI is InChI=1S/C49H65FN10O3.CH2O/c1-32-25-34(12-13-38(32)35-7-6-20-59(29-35)43(47(52)53)27-41(51)39-10-3-4-11-44(39)61)48(63)58-23-17-49(50,18-24-58)31-57-21-15-33(16-22-57)40-30-60(37-8-5-9-37)42-26-36(28-55-46(40)42)56-45(62)14-19-54-2;1-2/h3-4,10-13,25-28,30,33,35,37,54,61H,5-9,14-24,29,31,51-53H2,1-2H3,(H,56,62);1H2/b41-27-;. The van der Waals surface area contributed by atoms with Gasteiger partial charge in [0.05, 0.1) is 28.6 Å². The fourth-order valence-corrected chi connectivity index (χ4v) is 10.2. The number of likely N-dealkylation sites (tertiary alicyclic amines) is 3. The summed E-state index contributed by atoms with van der Waals surface area (Å²) < 4.78 is 18.9. The zero-order chi connectivity index (χ0) is 46.3. The Morgan fingerprint density at radius 2 is 1.66 bits per heavy atom. The maximum Gasteiger partial charge on any atom is 0.253 e. The third kappa shape index (κ3) is 10.8. The van der Waals surface area contributed by atoms with E-state index >= 15 is 4.39 Å². The van der Waals surface area contributed by atoms with Gasteiger partial charge in [0.1, 0.15) is 24.0 Å². The van der Waals surface area contributed by atoms with E-state index in [1.807, 2.05) is 36.9 Å². The fraction of sp³-hybridized carbons (Fsp3) is 0.480. The first-order valence-corrected chi connectivity index (χ1v) is 23.2. The fourth-order valence-electron chi connectivity index (χ4n) is 10.2. The number of alkyl halides is 1. The Balaban J connectivity index is 0.00000311. The van der Waals surface area contributed by atoms with Crippen molar-refractivity contribution in [3.63, 3.8) is 0 Å². The van der Waals surface area contributed by atoms with E-state index in [0.29, 0.717) is 86.5 Å². The summed E-state index contributed by atoms with van der Waals surface area (Å²) in [4.78, 5) is 45.4. The van der Waals surface area contributed by atoms with Crippen LogP contribution in [-0.2, 0) is 9.59 Å². The molecular formula is C50H67FN10O4. The summed E-state index contributed by atoms with van der Waals surface area (Å²) in [5.41, 5.74) is 25.9. The molecule has 2 aromatic carbocycles. The lowest BCUT2D eigenvalue weighted by molar-refractivity contribution is -0.116. The molecule has 3 aliphatic heterocycles. The van der Waals surface area contributed by atoms with Crippen molar-refractivity contribution < 1.29 is 23.9 Å². The van der Waals surface area contributed by atoms with Crippen molar-refractivity contribution >= 4 is 41.0 Å². The Bertz CT molecular complexity index is 2370. The van der Waals surface area contributed by atoms with Gasteiger partial charge in [0.15, 0.2) is 0 Å². The lowest BCUT2D eigenvalue weighted by Crippen LogP contribution is -2.51. The molecule has 0 spiro atoms. The lowest BCUT2D eigenvalue weighted by atomic mass is 9.86. The van der Waals surface area contributed by atoms with Gasteiger partial charge in [-0.1, -0.05) is 18.2 Å². The van der Waals surface area contributed by atoms with Crippen LogP contribution >= 0.6 is 0 Å². The highest BCUT2D eigenvalue weighted by Crippen LogP contribution is 2.41. The molecule has 1 saturated carbocycles. The Kier molecular flexibility index (Phi) is 15.1. The number of halogens is 1. The minimum atomic E-state index is -1.34. The molecule has 5 heterocycles. The molecule has 8 rings (SSSR count). The highest BCUT2D eigenvalue weighted by Gasteiger charge is 2.39. The summed E-state index contributed by atoms with van der Waals surface area (Å²) in [6.45, 7) is 8.92. The van der Waals surface area contributed by atoms with E-state index in [9.17, 15) is 14.7 Å². The molecule has 0 radical (unpaired) electrons. The van der Waals surface area contributed by atoms with E-state index in [1.165, 1.54) is 17.5 Å². The number of hydrogen-bond donors (Lipinski definition) is 6. The number of amides is 2. The molecule has 2 aromatic heterocycles. The smallest absolute Gasteiger partial charge is 0.253 e. The number of carbonyl (C=O) groups excluding carboxylic acids is 3. The molecule has 1 unspecified atom stereocenters. The number of piperidine rings is 3. The highest BCUT2D eigenvalue weighted by molar-refractivity contribution is 5.95. The summed E-state index contributed by atoms with van der Waals surface area (Å²) in [6, 6.07) is 15.4. The van der Waals surface area contributed by atoms with E-state index in [2.05, 4.69) is 50.3 Å². The van der Waals surface area contributed by atoms with Crippen LogP contribution in [0.15, 0.2) is 78.5 Å². The van der Waals surface area contributed by atoms with Gasteiger partial charge in [-0.3, -0.25) is 14.6 Å². The molecule has 1 aliphatic carbocycles. The second kappa shape index (κ2) is 20.9. The molecule has 14 nitrogen and oxygen atoms in total. The van der Waals surface area contributed by atoms with Gasteiger partial charge in [0.25, 0.3) is 5.91 Å². The van der Waals surface area contributed by atoms with Gasteiger partial charge in [0.2, 0.25) is 5.91 Å². The van der Waals surface area contributed by atoms with Gasteiger partial charge in [-0.05, 0) is 131 Å². The van der Waals surface area contributed by atoms with E-state index in [-0.39, 0.29) is 29.3 Å². The van der Waals surface area contributed by atoms with Crippen LogP contribution in [0.1, 0.15) is 115 Å². The predicted molar refractivity (Wildman–Crippen MR) is 255 cm³/mol. The number of anilines is 1. The van der Waals surface area contributed by atoms with Crippen LogP contribution in [0.3, 0.4) is 0 Å². The van der Waals surface area contributed by atoms with E-state index in [4.69, 9.17) is 27.0 Å². The molecule has 0 bridgehead atoms. The number of phenols is 1. The second-order valence-electron chi connectivity index (χ2n) is 18.4. The Labute approximate surface area is 382 Å². The molecule has 2 amide bonds. The number of pyridine rings is 1. The maximum absolute atomic E-state index is 16.5. The number of phenolic OH excluding ortho intramolecular Hbond substituents is 1. The van der Waals surface area contributed by atoms with Crippen LogP contribution in [0.2, 0.25) is 0 Å². The van der Waals surface area contributed by atoms with Crippen molar-refractivity contribution in [2.75, 3.05) is 64.7 Å². The summed E-state index contributed by atoms with van der Waals surface area (Å²) in [6.07, 6.45) is 14.2. The van der Waals surface area contributed by atoms with Crippen LogP contribution in [0.25, 0.3) is 16.7 Å². The number of benzene rings is 2. The summed E-state index contributed by atoms with van der Waals surface area (Å²) in [5.74, 6) is 0.693. The van der Waals surface area contributed by atoms with Crippen molar-refractivity contribution in [3.8, 4) is 5.75 Å². The SMILES string of the molecule is C=O.CNCCC(=O)Nc1cnc2c(C3CCN(CC4(F)CCN(C(=O)c5ccc(C6CCCN(C(/C=C(\N)c7ccccc7O)=C(N)N)C6)c(C)c5)CC4)CC3)cn(C3CCC3)c2c1. The third-order valence-electron chi connectivity index (χ3n) is 14.1. The van der Waals surface area contributed by atoms with E-state index in [0.717, 1.165) is 80.4 Å². The molecule has 3 saturated heterocycles. The average molecular weight is 891 g/mol. The highest BCUT2D eigenvalue weighted by atomic mass is 19.1.